The summed E-state index contributed by atoms with van der Waals surface area (Å²) in [5, 5.41) is 12.7. The predicted octanol–water partition coefficient (Wildman–Crippen LogP) is 3.48. The van der Waals surface area contributed by atoms with Crippen LogP contribution >= 0.6 is 27.3 Å². The number of thiazole rings is 1. The third-order valence-corrected chi connectivity index (χ3v) is 5.03. The Morgan fingerprint density at radius 2 is 1.96 bits per heavy atom. The summed E-state index contributed by atoms with van der Waals surface area (Å²) in [6, 6.07) is 8.78. The fourth-order valence-corrected chi connectivity index (χ4v) is 3.50. The van der Waals surface area contributed by atoms with Crippen LogP contribution in [-0.2, 0) is 25.6 Å². The molecule has 0 spiro atoms. The van der Waals surface area contributed by atoms with Crippen LogP contribution in [0.4, 0.5) is 10.8 Å². The van der Waals surface area contributed by atoms with Crippen LogP contribution in [0, 0.1) is 5.92 Å². The van der Waals surface area contributed by atoms with Gasteiger partial charge < -0.3 is 10.4 Å². The van der Waals surface area contributed by atoms with E-state index >= 15 is 0 Å². The molecule has 2 N–H and O–H groups in total. The predicted molar refractivity (Wildman–Crippen MR) is 109 cm³/mol. The van der Waals surface area contributed by atoms with Crippen LogP contribution in [0.2, 0.25) is 0 Å². The van der Waals surface area contributed by atoms with Crippen LogP contribution in [0.1, 0.15) is 26.0 Å². The molecule has 0 radical (unpaired) electrons. The number of hydrogen-bond donors (Lipinski definition) is 2. The first-order valence-electron chi connectivity index (χ1n) is 8.44. The third kappa shape index (κ3) is 6.70. The monoisotopic (exact) mass is 469 g/mol. The number of nitrogens with one attached hydrogen (secondary N) is 1. The molecule has 1 aromatic carbocycles. The summed E-state index contributed by atoms with van der Waals surface area (Å²) >= 11 is 4.31. The molecule has 150 valence electrons. The van der Waals surface area contributed by atoms with Gasteiger partial charge in [-0.1, -0.05) is 43.4 Å². The minimum atomic E-state index is -1.03. The number of rotatable bonds is 9. The second kappa shape index (κ2) is 10.3. The van der Waals surface area contributed by atoms with Crippen molar-refractivity contribution >= 4 is 55.9 Å². The van der Waals surface area contributed by atoms with Gasteiger partial charge in [0.1, 0.15) is 6.42 Å². The number of para-hydroxylation sites is 1. The van der Waals surface area contributed by atoms with Crippen molar-refractivity contribution in [1.29, 1.82) is 0 Å². The van der Waals surface area contributed by atoms with E-state index in [1.54, 1.807) is 24.3 Å². The number of carbonyl (C=O) groups excluding carboxylic acids is 2. The van der Waals surface area contributed by atoms with Crippen molar-refractivity contribution in [3.8, 4) is 0 Å². The van der Waals surface area contributed by atoms with E-state index in [-0.39, 0.29) is 17.5 Å². The Balaban J connectivity index is 2.04. The van der Waals surface area contributed by atoms with Crippen molar-refractivity contribution in [2.75, 3.05) is 17.0 Å². The topological polar surface area (TPSA) is 109 Å². The van der Waals surface area contributed by atoms with E-state index in [9.17, 15) is 14.4 Å². The van der Waals surface area contributed by atoms with Gasteiger partial charge in [-0.05, 0) is 34.0 Å². The average Bonchev–Trinajstić information content (AvgIpc) is 2.93. The van der Waals surface area contributed by atoms with Crippen LogP contribution in [0.25, 0.3) is 0 Å². The molecule has 0 saturated heterocycles. The first-order valence-corrected chi connectivity index (χ1v) is 10.0. The number of aliphatic carboxylic acids is 1. The summed E-state index contributed by atoms with van der Waals surface area (Å²) in [4.78, 5) is 45.3. The zero-order chi connectivity index (χ0) is 20.7. The fourth-order valence-electron chi connectivity index (χ4n) is 2.09. The SMILES string of the molecule is CC(C)CON(C(=O)CC(=O)Nc1nc(CC(=O)O)c(Br)s1)c1ccccc1. The van der Waals surface area contributed by atoms with Gasteiger partial charge in [0.25, 0.3) is 5.91 Å². The number of halogens is 1. The maximum Gasteiger partial charge on any atom is 0.309 e. The van der Waals surface area contributed by atoms with Crippen molar-refractivity contribution in [2.45, 2.75) is 26.7 Å². The molecule has 0 bridgehead atoms. The van der Waals surface area contributed by atoms with E-state index in [0.717, 1.165) is 16.4 Å². The second-order valence-corrected chi connectivity index (χ2v) is 8.57. The quantitative estimate of drug-likeness (QED) is 0.429. The molecule has 28 heavy (non-hydrogen) atoms. The van der Waals surface area contributed by atoms with Gasteiger partial charge in [-0.25, -0.2) is 4.98 Å². The molecule has 0 atom stereocenters. The minimum Gasteiger partial charge on any atom is -0.481 e. The number of hydrogen-bond acceptors (Lipinski definition) is 6. The summed E-state index contributed by atoms with van der Waals surface area (Å²) < 4.78 is 0.516. The Kier molecular flexibility index (Phi) is 8.09. The van der Waals surface area contributed by atoms with E-state index in [2.05, 4.69) is 26.2 Å². The number of carboxylic acids is 1. The second-order valence-electron chi connectivity index (χ2n) is 6.25. The first-order chi connectivity index (χ1) is 13.3. The van der Waals surface area contributed by atoms with Crippen LogP contribution in [0.5, 0.6) is 0 Å². The minimum absolute atomic E-state index is 0.202. The Morgan fingerprint density at radius 1 is 1.29 bits per heavy atom. The molecule has 0 saturated carbocycles. The number of aromatic nitrogens is 1. The van der Waals surface area contributed by atoms with Gasteiger partial charge in [0, 0.05) is 0 Å². The highest BCUT2D eigenvalue weighted by Gasteiger charge is 2.22. The lowest BCUT2D eigenvalue weighted by Gasteiger charge is -2.22. The molecule has 1 heterocycles. The standard InChI is InChI=1S/C18H20BrN3O5S/c1-11(2)10-27-22(12-6-4-3-5-7-12)15(24)9-14(23)21-18-20-13(8-16(25)26)17(19)28-18/h3-7,11H,8-10H2,1-2H3,(H,25,26)(H,20,21,23). The molecule has 2 amide bonds. The lowest BCUT2D eigenvalue weighted by atomic mass is 10.2. The van der Waals surface area contributed by atoms with Crippen LogP contribution < -0.4 is 10.4 Å². The first kappa shape index (κ1) is 22.0. The van der Waals surface area contributed by atoms with E-state index in [4.69, 9.17) is 9.94 Å². The highest BCUT2D eigenvalue weighted by molar-refractivity contribution is 9.11. The zero-order valence-electron chi connectivity index (χ0n) is 15.3. The molecule has 10 heteroatoms. The van der Waals surface area contributed by atoms with E-state index in [1.807, 2.05) is 19.9 Å². The molecule has 8 nitrogen and oxygen atoms in total. The Bertz CT molecular complexity index is 841. The number of carbonyl (C=O) groups is 3. The van der Waals surface area contributed by atoms with Crippen LogP contribution in [0.15, 0.2) is 34.1 Å². The summed E-state index contributed by atoms with van der Waals surface area (Å²) in [6.07, 6.45) is -0.713. The number of amides is 2. The summed E-state index contributed by atoms with van der Waals surface area (Å²) in [5.41, 5.74) is 0.840. The number of anilines is 2. The average molecular weight is 470 g/mol. The highest BCUT2D eigenvalue weighted by atomic mass is 79.9. The number of hydroxylamine groups is 1. The molecule has 2 aromatic rings. The van der Waals surface area contributed by atoms with Crippen molar-refractivity contribution in [3.63, 3.8) is 0 Å². The van der Waals surface area contributed by atoms with Gasteiger partial charge in [-0.2, -0.15) is 5.06 Å². The van der Waals surface area contributed by atoms with Crippen molar-refractivity contribution in [1.82, 2.24) is 4.98 Å². The van der Waals surface area contributed by atoms with Gasteiger partial charge in [-0.15, -0.1) is 0 Å². The normalized spacial score (nSPS) is 10.7. The van der Waals surface area contributed by atoms with Crippen molar-refractivity contribution in [3.05, 3.63) is 39.8 Å². The molecule has 0 aliphatic carbocycles. The third-order valence-electron chi connectivity index (χ3n) is 3.28. The Hall–Kier alpha value is -2.30. The molecule has 0 fully saturated rings. The maximum absolute atomic E-state index is 12.6. The molecule has 1 aromatic heterocycles. The maximum atomic E-state index is 12.6. The molecule has 0 aliphatic heterocycles. The van der Waals surface area contributed by atoms with E-state index < -0.39 is 24.2 Å². The lowest BCUT2D eigenvalue weighted by Crippen LogP contribution is -2.35. The molecule has 0 aliphatic rings. The number of carboxylic acid groups (broad SMARTS) is 1. The van der Waals surface area contributed by atoms with Gasteiger partial charge >= 0.3 is 5.97 Å². The van der Waals surface area contributed by atoms with E-state index in [1.165, 1.54) is 0 Å². The Morgan fingerprint density at radius 3 is 2.57 bits per heavy atom. The largest absolute Gasteiger partial charge is 0.481 e. The van der Waals surface area contributed by atoms with Crippen molar-refractivity contribution < 1.29 is 24.3 Å². The molecule has 0 unspecified atom stereocenters. The highest BCUT2D eigenvalue weighted by Crippen LogP contribution is 2.29. The number of nitrogens with zero attached hydrogens (tertiary/aromatic N) is 2. The van der Waals surface area contributed by atoms with Gasteiger partial charge in [0.05, 0.1) is 28.2 Å². The lowest BCUT2D eigenvalue weighted by molar-refractivity contribution is -0.136. The van der Waals surface area contributed by atoms with Gasteiger partial charge in [0.2, 0.25) is 5.91 Å². The van der Waals surface area contributed by atoms with Crippen LogP contribution in [-0.4, -0.2) is 34.5 Å². The summed E-state index contributed by atoms with van der Waals surface area (Å²) in [5.74, 6) is -1.92. The Labute approximate surface area is 174 Å². The zero-order valence-corrected chi connectivity index (χ0v) is 17.7. The smallest absolute Gasteiger partial charge is 0.309 e. The molecule has 2 rings (SSSR count). The molecular weight excluding hydrogens is 450 g/mol. The van der Waals surface area contributed by atoms with Gasteiger partial charge in [-0.3, -0.25) is 19.2 Å². The fraction of sp³-hybridized carbons (Fsp3) is 0.333. The summed E-state index contributed by atoms with van der Waals surface area (Å²) in [6.45, 7) is 4.23. The molecular formula is C18H20BrN3O5S. The van der Waals surface area contributed by atoms with Crippen molar-refractivity contribution in [2.24, 2.45) is 5.92 Å². The van der Waals surface area contributed by atoms with Crippen LogP contribution in [0.3, 0.4) is 0 Å². The number of benzene rings is 1. The van der Waals surface area contributed by atoms with Gasteiger partial charge in [0.15, 0.2) is 5.13 Å². The van der Waals surface area contributed by atoms with E-state index in [0.29, 0.717) is 21.8 Å². The summed E-state index contributed by atoms with van der Waals surface area (Å²) in [7, 11) is 0.